The molecule has 1 atom stereocenters. The van der Waals surface area contributed by atoms with Gasteiger partial charge < -0.3 is 5.11 Å². The summed E-state index contributed by atoms with van der Waals surface area (Å²) in [5, 5.41) is 10.5. The normalized spacial score (nSPS) is 20.7. The van der Waals surface area contributed by atoms with Crippen LogP contribution in [0.1, 0.15) is 78.6 Å². The lowest BCUT2D eigenvalue weighted by atomic mass is 9.90. The van der Waals surface area contributed by atoms with Crippen LogP contribution in [-0.4, -0.2) is 34.7 Å². The number of hydrogen-bond acceptors (Lipinski definition) is 2. The highest BCUT2D eigenvalue weighted by Crippen LogP contribution is 2.26. The van der Waals surface area contributed by atoms with Crippen molar-refractivity contribution in [2.24, 2.45) is 0 Å². The minimum Gasteiger partial charge on any atom is -0.391 e. The van der Waals surface area contributed by atoms with Gasteiger partial charge in [0.2, 0.25) is 0 Å². The van der Waals surface area contributed by atoms with Gasteiger partial charge in [-0.3, -0.25) is 4.90 Å². The van der Waals surface area contributed by atoms with Crippen LogP contribution >= 0.6 is 0 Å². The molecule has 1 rings (SSSR count). The standard InChI is InChI=1S/C16H33NO/c1-4-5-6-9-12-15(18)16(2,3)17-13-10-7-8-11-14-17/h15,18H,4-14H2,1-3H3. The Morgan fingerprint density at radius 3 is 2.17 bits per heavy atom. The topological polar surface area (TPSA) is 23.5 Å². The molecule has 1 aliphatic heterocycles. The van der Waals surface area contributed by atoms with Gasteiger partial charge in [0, 0.05) is 5.54 Å². The molecule has 18 heavy (non-hydrogen) atoms. The molecule has 2 nitrogen and oxygen atoms in total. The fourth-order valence-corrected chi connectivity index (χ4v) is 2.98. The summed E-state index contributed by atoms with van der Waals surface area (Å²) >= 11 is 0. The summed E-state index contributed by atoms with van der Waals surface area (Å²) in [5.74, 6) is 0. The Balaban J connectivity index is 2.39. The molecule has 0 aliphatic carbocycles. The maximum atomic E-state index is 10.5. The Labute approximate surface area is 114 Å². The molecule has 2 heteroatoms. The molecule has 1 N–H and O–H groups in total. The molecule has 0 amide bonds. The lowest BCUT2D eigenvalue weighted by Crippen LogP contribution is -2.52. The van der Waals surface area contributed by atoms with E-state index in [-0.39, 0.29) is 11.6 Å². The third kappa shape index (κ3) is 4.89. The number of likely N-dealkylation sites (tertiary alicyclic amines) is 1. The van der Waals surface area contributed by atoms with E-state index in [9.17, 15) is 5.11 Å². The van der Waals surface area contributed by atoms with Crippen molar-refractivity contribution in [3.8, 4) is 0 Å². The van der Waals surface area contributed by atoms with Gasteiger partial charge in [-0.25, -0.2) is 0 Å². The summed E-state index contributed by atoms with van der Waals surface area (Å²) < 4.78 is 0. The summed E-state index contributed by atoms with van der Waals surface area (Å²) in [6, 6.07) is 0. The Kier molecular flexibility index (Phi) is 7.25. The molecule has 1 unspecified atom stereocenters. The van der Waals surface area contributed by atoms with Crippen LogP contribution in [0, 0.1) is 0 Å². The largest absolute Gasteiger partial charge is 0.391 e. The minimum absolute atomic E-state index is 0.0451. The van der Waals surface area contributed by atoms with E-state index in [4.69, 9.17) is 0 Å². The van der Waals surface area contributed by atoms with Crippen LogP contribution in [0.4, 0.5) is 0 Å². The first-order chi connectivity index (χ1) is 8.59. The zero-order valence-corrected chi connectivity index (χ0v) is 12.7. The zero-order valence-electron chi connectivity index (χ0n) is 12.7. The van der Waals surface area contributed by atoms with Gasteiger partial charge in [-0.05, 0) is 46.2 Å². The minimum atomic E-state index is -0.174. The summed E-state index contributed by atoms with van der Waals surface area (Å²) in [4.78, 5) is 2.52. The predicted molar refractivity (Wildman–Crippen MR) is 78.9 cm³/mol. The first-order valence-electron chi connectivity index (χ1n) is 8.02. The average molecular weight is 255 g/mol. The Morgan fingerprint density at radius 1 is 1.00 bits per heavy atom. The molecule has 0 spiro atoms. The van der Waals surface area contributed by atoms with Crippen LogP contribution in [0.2, 0.25) is 0 Å². The summed E-state index contributed by atoms with van der Waals surface area (Å²) in [6.45, 7) is 9.02. The van der Waals surface area contributed by atoms with Crippen LogP contribution in [0.5, 0.6) is 0 Å². The van der Waals surface area contributed by atoms with Crippen molar-refractivity contribution in [3.05, 3.63) is 0 Å². The number of unbranched alkanes of at least 4 members (excludes halogenated alkanes) is 3. The highest BCUT2D eigenvalue weighted by molar-refractivity contribution is 4.89. The Morgan fingerprint density at radius 2 is 1.61 bits per heavy atom. The van der Waals surface area contributed by atoms with E-state index in [0.717, 1.165) is 6.42 Å². The molecule has 0 radical (unpaired) electrons. The first-order valence-corrected chi connectivity index (χ1v) is 8.02. The summed E-state index contributed by atoms with van der Waals surface area (Å²) in [5.41, 5.74) is -0.0451. The number of rotatable bonds is 7. The molecule has 0 saturated carbocycles. The highest BCUT2D eigenvalue weighted by Gasteiger charge is 2.33. The van der Waals surface area contributed by atoms with Crippen LogP contribution in [0.3, 0.4) is 0 Å². The van der Waals surface area contributed by atoms with Crippen molar-refractivity contribution in [2.45, 2.75) is 90.2 Å². The zero-order chi connectivity index (χ0) is 13.4. The molecule has 1 aliphatic rings. The van der Waals surface area contributed by atoms with Gasteiger partial charge in [-0.15, -0.1) is 0 Å². The van der Waals surface area contributed by atoms with Gasteiger partial charge in [0.25, 0.3) is 0 Å². The van der Waals surface area contributed by atoms with Crippen LogP contribution in [0.15, 0.2) is 0 Å². The number of nitrogens with zero attached hydrogens (tertiary/aromatic N) is 1. The molecule has 0 aromatic carbocycles. The van der Waals surface area contributed by atoms with Gasteiger partial charge in [-0.1, -0.05) is 45.4 Å². The molecular weight excluding hydrogens is 222 g/mol. The third-order valence-corrected chi connectivity index (χ3v) is 4.57. The van der Waals surface area contributed by atoms with Crippen molar-refractivity contribution in [3.63, 3.8) is 0 Å². The maximum absolute atomic E-state index is 10.5. The molecule has 0 bridgehead atoms. The van der Waals surface area contributed by atoms with Crippen molar-refractivity contribution < 1.29 is 5.11 Å². The van der Waals surface area contributed by atoms with Crippen molar-refractivity contribution >= 4 is 0 Å². The van der Waals surface area contributed by atoms with Gasteiger partial charge in [0.1, 0.15) is 0 Å². The molecule has 1 saturated heterocycles. The molecule has 1 fully saturated rings. The van der Waals surface area contributed by atoms with E-state index in [2.05, 4.69) is 25.7 Å². The molecule has 108 valence electrons. The van der Waals surface area contributed by atoms with Crippen LogP contribution < -0.4 is 0 Å². The van der Waals surface area contributed by atoms with Gasteiger partial charge in [0.15, 0.2) is 0 Å². The Hall–Kier alpha value is -0.0800. The van der Waals surface area contributed by atoms with E-state index in [0.29, 0.717) is 0 Å². The van der Waals surface area contributed by atoms with E-state index in [1.54, 1.807) is 0 Å². The smallest absolute Gasteiger partial charge is 0.0718 e. The van der Waals surface area contributed by atoms with E-state index >= 15 is 0 Å². The third-order valence-electron chi connectivity index (χ3n) is 4.57. The molecule has 0 aromatic heterocycles. The molecule has 0 aromatic rings. The van der Waals surface area contributed by atoms with Crippen molar-refractivity contribution in [2.75, 3.05) is 13.1 Å². The predicted octanol–water partition coefficient (Wildman–Crippen LogP) is 3.97. The van der Waals surface area contributed by atoms with Crippen LogP contribution in [-0.2, 0) is 0 Å². The first kappa shape index (κ1) is 16.0. The molecular formula is C16H33NO. The number of aliphatic hydroxyl groups excluding tert-OH is 1. The fraction of sp³-hybridized carbons (Fsp3) is 1.00. The number of hydrogen-bond donors (Lipinski definition) is 1. The quantitative estimate of drug-likeness (QED) is 0.696. The van der Waals surface area contributed by atoms with Gasteiger partial charge in [0.05, 0.1) is 6.10 Å². The molecule has 1 heterocycles. The lowest BCUT2D eigenvalue weighted by Gasteiger charge is -2.41. The monoisotopic (exact) mass is 255 g/mol. The Bertz CT molecular complexity index is 207. The van der Waals surface area contributed by atoms with E-state index in [1.807, 2.05) is 0 Å². The average Bonchev–Trinajstić information content (AvgIpc) is 2.63. The van der Waals surface area contributed by atoms with Crippen LogP contribution in [0.25, 0.3) is 0 Å². The second kappa shape index (κ2) is 8.16. The van der Waals surface area contributed by atoms with Gasteiger partial charge in [-0.2, -0.15) is 0 Å². The van der Waals surface area contributed by atoms with E-state index < -0.39 is 0 Å². The van der Waals surface area contributed by atoms with Crippen molar-refractivity contribution in [1.82, 2.24) is 4.90 Å². The second-order valence-electron chi connectivity index (χ2n) is 6.42. The second-order valence-corrected chi connectivity index (χ2v) is 6.42. The van der Waals surface area contributed by atoms with Gasteiger partial charge >= 0.3 is 0 Å². The highest BCUT2D eigenvalue weighted by atomic mass is 16.3. The van der Waals surface area contributed by atoms with Crippen molar-refractivity contribution in [1.29, 1.82) is 0 Å². The SMILES string of the molecule is CCCCCCC(O)C(C)(C)N1CCCCCC1. The lowest BCUT2D eigenvalue weighted by molar-refractivity contribution is -0.0139. The maximum Gasteiger partial charge on any atom is 0.0718 e. The fourth-order valence-electron chi connectivity index (χ4n) is 2.98. The van der Waals surface area contributed by atoms with E-state index in [1.165, 1.54) is 64.5 Å². The summed E-state index contributed by atoms with van der Waals surface area (Å²) in [7, 11) is 0. The summed E-state index contributed by atoms with van der Waals surface area (Å²) in [6.07, 6.45) is 11.1. The number of aliphatic hydroxyl groups is 1.